The van der Waals surface area contributed by atoms with Crippen LogP contribution >= 0.6 is 0 Å². The highest BCUT2D eigenvalue weighted by Gasteiger charge is 2.15. The highest BCUT2D eigenvalue weighted by Crippen LogP contribution is 2.23. The van der Waals surface area contributed by atoms with Crippen LogP contribution in [0.4, 0.5) is 5.69 Å². The Morgan fingerprint density at radius 2 is 1.69 bits per heavy atom. The molecule has 8 nitrogen and oxygen atoms in total. The fourth-order valence-corrected chi connectivity index (χ4v) is 3.07. The topological polar surface area (TPSA) is 123 Å². The van der Waals surface area contributed by atoms with Crippen LogP contribution < -0.4 is 16.0 Å². The number of carbonyl (C=O) groups is 3. The summed E-state index contributed by atoms with van der Waals surface area (Å²) in [5.74, 6) is -1.59. The molecule has 3 aromatic rings. The Morgan fingerprint density at radius 1 is 1.00 bits per heavy atom. The number of H-pyrrole nitrogens is 1. The molecule has 0 fully saturated rings. The second-order valence-electron chi connectivity index (χ2n) is 6.78. The fraction of sp³-hybridized carbons (Fsp3) is 0.190. The summed E-state index contributed by atoms with van der Waals surface area (Å²) in [4.78, 5) is 39.0. The molecule has 0 unspecified atom stereocenters. The molecular formula is C21H22N4O4. The van der Waals surface area contributed by atoms with E-state index in [1.807, 2.05) is 0 Å². The molecule has 1 heterocycles. The summed E-state index contributed by atoms with van der Waals surface area (Å²) in [5.41, 5.74) is 3.78. The molecule has 0 aliphatic heterocycles. The molecule has 150 valence electrons. The van der Waals surface area contributed by atoms with Gasteiger partial charge in [-0.05, 0) is 54.8 Å². The number of hydrogen-bond donors (Lipinski definition) is 5. The van der Waals surface area contributed by atoms with Crippen LogP contribution in [0.1, 0.15) is 27.2 Å². The van der Waals surface area contributed by atoms with E-state index >= 15 is 0 Å². The molecule has 29 heavy (non-hydrogen) atoms. The van der Waals surface area contributed by atoms with Crippen molar-refractivity contribution in [2.75, 3.05) is 12.4 Å². The number of phenols is 1. The summed E-state index contributed by atoms with van der Waals surface area (Å²) in [6.45, 7) is 3.71. The van der Waals surface area contributed by atoms with Crippen molar-refractivity contribution in [1.82, 2.24) is 15.6 Å². The minimum absolute atomic E-state index is 0.167. The number of carbonyl (C=O) groups excluding carboxylic acids is 3. The molecular weight excluding hydrogens is 372 g/mol. The number of benzene rings is 2. The maximum atomic E-state index is 12.2. The maximum absolute atomic E-state index is 12.2. The molecule has 0 saturated carbocycles. The lowest BCUT2D eigenvalue weighted by Crippen LogP contribution is -2.35. The third-order valence-corrected chi connectivity index (χ3v) is 4.56. The summed E-state index contributed by atoms with van der Waals surface area (Å²) < 4.78 is 0. The van der Waals surface area contributed by atoms with Crippen molar-refractivity contribution in [2.24, 2.45) is 0 Å². The van der Waals surface area contributed by atoms with Gasteiger partial charge in [0, 0.05) is 30.2 Å². The molecule has 0 saturated heterocycles. The first-order valence-electron chi connectivity index (χ1n) is 9.01. The van der Waals surface area contributed by atoms with E-state index in [9.17, 15) is 19.5 Å². The van der Waals surface area contributed by atoms with Crippen molar-refractivity contribution in [3.05, 3.63) is 58.8 Å². The first kappa shape index (κ1) is 19.9. The average molecular weight is 394 g/mol. The van der Waals surface area contributed by atoms with Crippen LogP contribution in [0.25, 0.3) is 10.9 Å². The number of amides is 3. The number of nitrogens with one attached hydrogen (secondary N) is 4. The second-order valence-corrected chi connectivity index (χ2v) is 6.78. The van der Waals surface area contributed by atoms with Gasteiger partial charge in [-0.25, -0.2) is 0 Å². The Balaban J connectivity index is 1.64. The molecule has 5 N–H and O–H groups in total. The molecule has 0 spiro atoms. The highest BCUT2D eigenvalue weighted by molar-refractivity contribution is 6.39. The van der Waals surface area contributed by atoms with Crippen molar-refractivity contribution in [1.29, 1.82) is 0 Å². The van der Waals surface area contributed by atoms with Crippen molar-refractivity contribution in [3.63, 3.8) is 0 Å². The number of phenolic OH excluding ortho intramolecular Hbond substituents is 1. The predicted octanol–water partition coefficient (Wildman–Crippen LogP) is 2.10. The van der Waals surface area contributed by atoms with Crippen molar-refractivity contribution < 1.29 is 19.5 Å². The fourth-order valence-electron chi connectivity index (χ4n) is 3.07. The molecule has 0 aliphatic rings. The average Bonchev–Trinajstić information content (AvgIpc) is 3.12. The first-order chi connectivity index (χ1) is 13.8. The van der Waals surface area contributed by atoms with Gasteiger partial charge in [0.05, 0.1) is 0 Å². The smallest absolute Gasteiger partial charge is 0.313 e. The molecule has 0 aliphatic carbocycles. The Morgan fingerprint density at radius 3 is 2.34 bits per heavy atom. The zero-order chi connectivity index (χ0) is 21.1. The van der Waals surface area contributed by atoms with Crippen LogP contribution in [0.2, 0.25) is 0 Å². The van der Waals surface area contributed by atoms with E-state index in [2.05, 4.69) is 20.9 Å². The Kier molecular flexibility index (Phi) is 5.54. The monoisotopic (exact) mass is 394 g/mol. The molecule has 3 amide bonds. The number of hydrogen-bond acceptors (Lipinski definition) is 4. The number of rotatable bonds is 4. The number of aryl methyl sites for hydroxylation is 2. The zero-order valence-electron chi connectivity index (χ0n) is 16.3. The molecule has 0 radical (unpaired) electrons. The lowest BCUT2D eigenvalue weighted by atomic mass is 10.1. The van der Waals surface area contributed by atoms with Crippen molar-refractivity contribution >= 4 is 34.3 Å². The molecule has 2 aromatic carbocycles. The van der Waals surface area contributed by atoms with E-state index in [0.717, 1.165) is 16.5 Å². The summed E-state index contributed by atoms with van der Waals surface area (Å²) in [6, 6.07) is 10.2. The lowest BCUT2D eigenvalue weighted by molar-refractivity contribution is -0.136. The minimum Gasteiger partial charge on any atom is -0.507 e. The number of aromatic hydroxyl groups is 1. The van der Waals surface area contributed by atoms with Gasteiger partial charge in [-0.3, -0.25) is 14.4 Å². The maximum Gasteiger partial charge on any atom is 0.313 e. The molecule has 8 heteroatoms. The van der Waals surface area contributed by atoms with Gasteiger partial charge in [-0.2, -0.15) is 0 Å². The Labute approximate surface area is 167 Å². The third kappa shape index (κ3) is 4.37. The standard InChI is InChI=1S/C21H22N4O4/c1-11-6-13(7-12(2)18(11)26)10-23-20(28)21(29)24-15-4-5-16-14(8-15)9-17(25-16)19(27)22-3/h4-9,25-26H,10H2,1-3H3,(H,22,27)(H,23,28)(H,24,29). The molecule has 1 aromatic heterocycles. The second kappa shape index (κ2) is 8.05. The van der Waals surface area contributed by atoms with Crippen LogP contribution in [0.15, 0.2) is 36.4 Å². The first-order valence-corrected chi connectivity index (χ1v) is 9.01. The van der Waals surface area contributed by atoms with E-state index in [1.54, 1.807) is 57.3 Å². The predicted molar refractivity (Wildman–Crippen MR) is 110 cm³/mol. The van der Waals surface area contributed by atoms with Gasteiger partial charge in [-0.15, -0.1) is 0 Å². The summed E-state index contributed by atoms with van der Waals surface area (Å²) in [7, 11) is 1.54. The number of aromatic amines is 1. The summed E-state index contributed by atoms with van der Waals surface area (Å²) >= 11 is 0. The number of aromatic nitrogens is 1. The minimum atomic E-state index is -0.793. The van der Waals surface area contributed by atoms with Crippen molar-refractivity contribution in [2.45, 2.75) is 20.4 Å². The largest absolute Gasteiger partial charge is 0.507 e. The normalized spacial score (nSPS) is 10.6. The van der Waals surface area contributed by atoms with Crippen LogP contribution in [0.5, 0.6) is 5.75 Å². The quantitative estimate of drug-likeness (QED) is 0.435. The molecule has 0 atom stereocenters. The van der Waals surface area contributed by atoms with E-state index < -0.39 is 11.8 Å². The van der Waals surface area contributed by atoms with Crippen LogP contribution in [0.3, 0.4) is 0 Å². The summed E-state index contributed by atoms with van der Waals surface area (Å²) in [5, 5.41) is 18.2. The van der Waals surface area contributed by atoms with Gasteiger partial charge < -0.3 is 26.0 Å². The highest BCUT2D eigenvalue weighted by atomic mass is 16.3. The Hall–Kier alpha value is -3.81. The van der Waals surface area contributed by atoms with Gasteiger partial charge in [0.2, 0.25) is 0 Å². The van der Waals surface area contributed by atoms with Gasteiger partial charge in [0.15, 0.2) is 0 Å². The van der Waals surface area contributed by atoms with Crippen LogP contribution in [0, 0.1) is 13.8 Å². The van der Waals surface area contributed by atoms with Crippen LogP contribution in [-0.4, -0.2) is 34.9 Å². The molecule has 0 bridgehead atoms. The lowest BCUT2D eigenvalue weighted by Gasteiger charge is -2.09. The van der Waals surface area contributed by atoms with E-state index in [4.69, 9.17) is 0 Å². The van der Waals surface area contributed by atoms with Gasteiger partial charge in [0.25, 0.3) is 5.91 Å². The third-order valence-electron chi connectivity index (χ3n) is 4.56. The number of fused-ring (bicyclic) bond motifs is 1. The van der Waals surface area contributed by atoms with E-state index in [0.29, 0.717) is 22.5 Å². The van der Waals surface area contributed by atoms with E-state index in [-0.39, 0.29) is 18.2 Å². The van der Waals surface area contributed by atoms with Gasteiger partial charge in [0.1, 0.15) is 11.4 Å². The Bertz CT molecular complexity index is 1090. The van der Waals surface area contributed by atoms with Gasteiger partial charge >= 0.3 is 11.8 Å². The van der Waals surface area contributed by atoms with Crippen molar-refractivity contribution in [3.8, 4) is 5.75 Å². The SMILES string of the molecule is CNC(=O)c1cc2cc(NC(=O)C(=O)NCc3cc(C)c(O)c(C)c3)ccc2[nH]1. The number of anilines is 1. The summed E-state index contributed by atoms with van der Waals surface area (Å²) in [6.07, 6.45) is 0. The molecule has 3 rings (SSSR count). The van der Waals surface area contributed by atoms with Gasteiger partial charge in [-0.1, -0.05) is 12.1 Å². The van der Waals surface area contributed by atoms with Crippen LogP contribution in [-0.2, 0) is 16.1 Å². The van der Waals surface area contributed by atoms with E-state index in [1.165, 1.54) is 0 Å². The zero-order valence-corrected chi connectivity index (χ0v) is 16.3.